The fourth-order valence-electron chi connectivity index (χ4n) is 3.85. The quantitative estimate of drug-likeness (QED) is 0.0523. The molecule has 0 N–H and O–H groups in total. The van der Waals surface area contributed by atoms with Crippen LogP contribution in [0.2, 0.25) is 0 Å². The summed E-state index contributed by atoms with van der Waals surface area (Å²) >= 11 is 0. The van der Waals surface area contributed by atoms with Crippen molar-refractivity contribution in [2.75, 3.05) is 0 Å². The molecule has 0 fully saturated rings. The summed E-state index contributed by atoms with van der Waals surface area (Å²) in [6.45, 7) is 19.5. The molecule has 0 aliphatic rings. The molecule has 52 heavy (non-hydrogen) atoms. The van der Waals surface area contributed by atoms with Crippen molar-refractivity contribution in [1.82, 2.24) is 0 Å². The van der Waals surface area contributed by atoms with Crippen molar-refractivity contribution < 1.29 is 65.2 Å². The minimum Gasteiger partial charge on any atom is -0.459 e. The third-order valence-corrected chi connectivity index (χ3v) is 6.35. The minimum atomic E-state index is -2.24. The number of benzene rings is 3. The largest absolute Gasteiger partial charge is 0.459 e. The van der Waals surface area contributed by atoms with E-state index in [0.717, 1.165) is 12.1 Å². The SMILES string of the molecule is C=C(C)C(=O)Oc1ccc(-c2cc(OC=C(F)F)c(-c3ccc(OC(=O)C(=C)C)c(OC(=O)C(=C)C)c3)cc2OC=C(F)F)cc1OC(=O)C(=C)C. The molecule has 0 aliphatic heterocycles. The van der Waals surface area contributed by atoms with Crippen LogP contribution in [-0.2, 0) is 19.2 Å². The smallest absolute Gasteiger partial charge is 0.338 e. The summed E-state index contributed by atoms with van der Waals surface area (Å²) in [5.74, 6) is -5.27. The highest BCUT2D eigenvalue weighted by atomic mass is 19.3. The molecule has 0 atom stereocenters. The Morgan fingerprint density at radius 3 is 1.02 bits per heavy atom. The van der Waals surface area contributed by atoms with Crippen LogP contribution in [0.3, 0.4) is 0 Å². The van der Waals surface area contributed by atoms with Gasteiger partial charge in [-0.05, 0) is 75.2 Å². The van der Waals surface area contributed by atoms with Crippen molar-refractivity contribution in [3.05, 3.63) is 122 Å². The first-order valence-corrected chi connectivity index (χ1v) is 14.7. The fourth-order valence-corrected chi connectivity index (χ4v) is 3.85. The third kappa shape index (κ3) is 10.6. The molecular formula is C38H30F4O10. The lowest BCUT2D eigenvalue weighted by atomic mass is 9.97. The molecule has 0 unspecified atom stereocenters. The van der Waals surface area contributed by atoms with Gasteiger partial charge in [0.15, 0.2) is 35.5 Å². The van der Waals surface area contributed by atoms with Crippen LogP contribution in [-0.4, -0.2) is 23.9 Å². The van der Waals surface area contributed by atoms with E-state index in [9.17, 15) is 36.7 Å². The molecule has 0 saturated carbocycles. The van der Waals surface area contributed by atoms with Gasteiger partial charge < -0.3 is 28.4 Å². The van der Waals surface area contributed by atoms with E-state index in [0.29, 0.717) is 0 Å². The molecule has 10 nitrogen and oxygen atoms in total. The van der Waals surface area contributed by atoms with E-state index < -0.39 is 36.0 Å². The van der Waals surface area contributed by atoms with Crippen molar-refractivity contribution in [2.45, 2.75) is 27.7 Å². The van der Waals surface area contributed by atoms with E-state index in [-0.39, 0.29) is 91.6 Å². The first-order chi connectivity index (χ1) is 24.4. The van der Waals surface area contributed by atoms with Crippen LogP contribution in [0, 0.1) is 0 Å². The maximum absolute atomic E-state index is 13.3. The van der Waals surface area contributed by atoms with Gasteiger partial charge in [-0.3, -0.25) is 0 Å². The van der Waals surface area contributed by atoms with Gasteiger partial charge >= 0.3 is 36.0 Å². The van der Waals surface area contributed by atoms with Gasteiger partial charge in [0.25, 0.3) is 0 Å². The molecular weight excluding hydrogens is 692 g/mol. The Labute approximate surface area is 295 Å². The Balaban J connectivity index is 2.36. The minimum absolute atomic E-state index is 0.0158. The standard InChI is InChI=1S/C38H30F4O10/c1-19(2)35(43)49-27-11-9-23(13-31(27)51-37(45)21(5)6)25-15-30(48-18-34(41)42)26(16-29(25)47-17-33(39)40)24-10-12-28(50-36(44)20(3)4)32(14-24)52-38(46)22(7)8/h9-18H,1,3,5,7H2,2,4,6,8H3. The van der Waals surface area contributed by atoms with Crippen LogP contribution in [0.25, 0.3) is 22.3 Å². The number of rotatable bonds is 14. The zero-order chi connectivity index (χ0) is 38.9. The lowest BCUT2D eigenvalue weighted by molar-refractivity contribution is -0.132. The maximum Gasteiger partial charge on any atom is 0.338 e. The van der Waals surface area contributed by atoms with E-state index in [1.54, 1.807) is 0 Å². The summed E-state index contributed by atoms with van der Waals surface area (Å²) in [5.41, 5.74) is -0.0226. The van der Waals surface area contributed by atoms with Crippen molar-refractivity contribution >= 4 is 23.9 Å². The molecule has 0 bridgehead atoms. The van der Waals surface area contributed by atoms with E-state index >= 15 is 0 Å². The van der Waals surface area contributed by atoms with Crippen LogP contribution in [0.4, 0.5) is 17.6 Å². The van der Waals surface area contributed by atoms with Gasteiger partial charge in [0.05, 0.1) is 0 Å². The molecule has 3 aromatic carbocycles. The van der Waals surface area contributed by atoms with Crippen LogP contribution >= 0.6 is 0 Å². The predicted octanol–water partition coefficient (Wildman–Crippen LogP) is 9.18. The fraction of sp³-hybridized carbons (Fsp3) is 0.105. The second-order valence-electron chi connectivity index (χ2n) is 10.9. The average Bonchev–Trinajstić information content (AvgIpc) is 3.07. The van der Waals surface area contributed by atoms with Crippen molar-refractivity contribution in [1.29, 1.82) is 0 Å². The highest BCUT2D eigenvalue weighted by Crippen LogP contribution is 2.45. The number of halogens is 4. The number of carbonyl (C=O) groups is 4. The van der Waals surface area contributed by atoms with Gasteiger partial charge in [0, 0.05) is 33.4 Å². The molecule has 0 spiro atoms. The molecule has 0 aliphatic carbocycles. The Hall–Kier alpha value is -6.70. The molecule has 14 heteroatoms. The molecule has 0 amide bonds. The normalized spacial score (nSPS) is 10.2. The van der Waals surface area contributed by atoms with Gasteiger partial charge in [-0.1, -0.05) is 38.4 Å². The van der Waals surface area contributed by atoms with Gasteiger partial charge in [0.2, 0.25) is 0 Å². The number of hydrogen-bond acceptors (Lipinski definition) is 10. The molecule has 0 radical (unpaired) electrons. The molecule has 3 aromatic rings. The summed E-state index contributed by atoms with van der Waals surface area (Å²) in [6, 6.07) is 9.75. The first-order valence-electron chi connectivity index (χ1n) is 14.7. The number of ether oxygens (including phenoxy) is 6. The van der Waals surface area contributed by atoms with Crippen LogP contribution in [0.1, 0.15) is 27.7 Å². The monoisotopic (exact) mass is 722 g/mol. The van der Waals surface area contributed by atoms with Gasteiger partial charge in [0.1, 0.15) is 11.5 Å². The summed E-state index contributed by atoms with van der Waals surface area (Å²) in [4.78, 5) is 49.5. The van der Waals surface area contributed by atoms with E-state index in [1.165, 1.54) is 64.1 Å². The Kier molecular flexibility index (Phi) is 13.2. The zero-order valence-electron chi connectivity index (χ0n) is 28.2. The maximum atomic E-state index is 13.3. The molecule has 3 rings (SSSR count). The summed E-state index contributed by atoms with van der Waals surface area (Å²) in [5, 5.41) is 0. The predicted molar refractivity (Wildman–Crippen MR) is 181 cm³/mol. The topological polar surface area (TPSA) is 124 Å². The van der Waals surface area contributed by atoms with Gasteiger partial charge in [-0.15, -0.1) is 0 Å². The van der Waals surface area contributed by atoms with Crippen molar-refractivity contribution in [3.63, 3.8) is 0 Å². The first kappa shape index (κ1) is 39.7. The Morgan fingerprint density at radius 1 is 0.462 bits per heavy atom. The highest BCUT2D eigenvalue weighted by molar-refractivity contribution is 5.93. The number of hydrogen-bond donors (Lipinski definition) is 0. The zero-order valence-corrected chi connectivity index (χ0v) is 28.2. The average molecular weight is 723 g/mol. The second kappa shape index (κ2) is 17.3. The van der Waals surface area contributed by atoms with E-state index in [1.807, 2.05) is 0 Å². The third-order valence-electron chi connectivity index (χ3n) is 6.35. The highest BCUT2D eigenvalue weighted by Gasteiger charge is 2.22. The molecule has 0 aromatic heterocycles. The van der Waals surface area contributed by atoms with Gasteiger partial charge in [-0.2, -0.15) is 17.6 Å². The molecule has 270 valence electrons. The summed E-state index contributed by atoms with van der Waals surface area (Å²) < 4.78 is 85.2. The summed E-state index contributed by atoms with van der Waals surface area (Å²) in [7, 11) is 0. The Bertz CT molecular complexity index is 1920. The van der Waals surface area contributed by atoms with Crippen LogP contribution < -0.4 is 28.4 Å². The second-order valence-corrected chi connectivity index (χ2v) is 10.9. The van der Waals surface area contributed by atoms with Gasteiger partial charge in [-0.25, -0.2) is 19.2 Å². The summed E-state index contributed by atoms with van der Waals surface area (Å²) in [6.07, 6.45) is -4.28. The molecule has 0 heterocycles. The number of carbonyl (C=O) groups excluding carboxylic acids is 4. The van der Waals surface area contributed by atoms with Crippen LogP contribution in [0.5, 0.6) is 34.5 Å². The molecule has 0 saturated heterocycles. The van der Waals surface area contributed by atoms with E-state index in [4.69, 9.17) is 28.4 Å². The number of esters is 4. The van der Waals surface area contributed by atoms with Crippen molar-refractivity contribution in [3.8, 4) is 56.8 Å². The Morgan fingerprint density at radius 2 is 0.750 bits per heavy atom. The van der Waals surface area contributed by atoms with Crippen LogP contribution in [0.15, 0.2) is 122 Å². The lowest BCUT2D eigenvalue weighted by Crippen LogP contribution is -2.13. The lowest BCUT2D eigenvalue weighted by Gasteiger charge is -2.18. The van der Waals surface area contributed by atoms with Crippen molar-refractivity contribution in [2.24, 2.45) is 0 Å². The van der Waals surface area contributed by atoms with E-state index in [2.05, 4.69) is 26.3 Å².